The second-order valence-corrected chi connectivity index (χ2v) is 7.53. The Kier molecular flexibility index (Phi) is 6.12. The SMILES string of the molecule is CCC(CC)(COc1cc(Br)cc(F)c1F)CS(N)(=O)=O. The molecule has 0 unspecified atom stereocenters. The van der Waals surface area contributed by atoms with Crippen LogP contribution in [0.5, 0.6) is 5.75 Å². The van der Waals surface area contributed by atoms with Gasteiger partial charge in [0.1, 0.15) is 0 Å². The Morgan fingerprint density at radius 1 is 1.29 bits per heavy atom. The fourth-order valence-electron chi connectivity index (χ4n) is 1.99. The van der Waals surface area contributed by atoms with Gasteiger partial charge in [-0.05, 0) is 25.0 Å². The number of hydrogen-bond acceptors (Lipinski definition) is 3. The summed E-state index contributed by atoms with van der Waals surface area (Å²) >= 11 is 3.05. The molecule has 0 aromatic heterocycles. The number of halogens is 3. The van der Waals surface area contributed by atoms with E-state index in [1.54, 1.807) is 13.8 Å². The summed E-state index contributed by atoms with van der Waals surface area (Å²) in [6.07, 6.45) is 0.968. The highest BCUT2D eigenvalue weighted by atomic mass is 79.9. The van der Waals surface area contributed by atoms with Crippen LogP contribution in [0.1, 0.15) is 26.7 Å². The molecule has 21 heavy (non-hydrogen) atoms. The Morgan fingerprint density at radius 2 is 1.86 bits per heavy atom. The molecular weight excluding hydrogens is 368 g/mol. The van der Waals surface area contributed by atoms with Crippen LogP contribution < -0.4 is 9.88 Å². The maximum Gasteiger partial charge on any atom is 0.209 e. The highest BCUT2D eigenvalue weighted by Crippen LogP contribution is 2.31. The van der Waals surface area contributed by atoms with Gasteiger partial charge in [-0.3, -0.25) is 0 Å². The molecule has 1 rings (SSSR count). The molecule has 0 saturated carbocycles. The van der Waals surface area contributed by atoms with Crippen molar-refractivity contribution >= 4 is 26.0 Å². The molecule has 0 atom stereocenters. The molecule has 0 fully saturated rings. The van der Waals surface area contributed by atoms with E-state index in [-0.39, 0.29) is 18.1 Å². The standard InChI is InChI=1S/C13H18BrF2NO3S/c1-3-13(4-2,8-21(17,18)19)7-20-11-6-9(14)5-10(15)12(11)16/h5-6H,3-4,7-8H2,1-2H3,(H2,17,18,19). The molecule has 0 heterocycles. The van der Waals surface area contributed by atoms with Crippen LogP contribution in [-0.2, 0) is 10.0 Å². The number of hydrogen-bond donors (Lipinski definition) is 1. The van der Waals surface area contributed by atoms with Crippen molar-refractivity contribution in [3.63, 3.8) is 0 Å². The van der Waals surface area contributed by atoms with Crippen molar-refractivity contribution in [3.05, 3.63) is 28.2 Å². The maximum absolute atomic E-state index is 13.6. The van der Waals surface area contributed by atoms with E-state index in [0.717, 1.165) is 6.07 Å². The Balaban J connectivity index is 2.97. The lowest BCUT2D eigenvalue weighted by Gasteiger charge is -2.30. The predicted molar refractivity (Wildman–Crippen MR) is 80.5 cm³/mol. The summed E-state index contributed by atoms with van der Waals surface area (Å²) in [5.74, 6) is -2.67. The van der Waals surface area contributed by atoms with Crippen molar-refractivity contribution in [2.24, 2.45) is 10.6 Å². The van der Waals surface area contributed by atoms with E-state index in [2.05, 4.69) is 15.9 Å². The molecule has 0 spiro atoms. The van der Waals surface area contributed by atoms with E-state index in [9.17, 15) is 17.2 Å². The van der Waals surface area contributed by atoms with Gasteiger partial charge in [-0.2, -0.15) is 4.39 Å². The first-order valence-electron chi connectivity index (χ1n) is 6.40. The molecule has 4 nitrogen and oxygen atoms in total. The summed E-state index contributed by atoms with van der Waals surface area (Å²) in [6.45, 7) is 3.54. The number of ether oxygens (including phenoxy) is 1. The van der Waals surface area contributed by atoms with Crippen LogP contribution in [0.4, 0.5) is 8.78 Å². The quantitative estimate of drug-likeness (QED) is 0.732. The van der Waals surface area contributed by atoms with Crippen LogP contribution in [0.15, 0.2) is 16.6 Å². The zero-order chi connectivity index (χ0) is 16.3. The molecule has 0 bridgehead atoms. The highest BCUT2D eigenvalue weighted by Gasteiger charge is 2.32. The van der Waals surface area contributed by atoms with Gasteiger partial charge in [0.05, 0.1) is 12.4 Å². The second kappa shape index (κ2) is 7.02. The third-order valence-corrected chi connectivity index (χ3v) is 4.97. The molecule has 0 saturated heterocycles. The van der Waals surface area contributed by atoms with Crippen LogP contribution >= 0.6 is 15.9 Å². The Bertz CT molecular complexity index is 604. The lowest BCUT2D eigenvalue weighted by molar-refractivity contribution is 0.148. The minimum Gasteiger partial charge on any atom is -0.490 e. The summed E-state index contributed by atoms with van der Waals surface area (Å²) in [5, 5.41) is 5.09. The molecule has 120 valence electrons. The monoisotopic (exact) mass is 385 g/mol. The highest BCUT2D eigenvalue weighted by molar-refractivity contribution is 9.10. The summed E-state index contributed by atoms with van der Waals surface area (Å²) in [6, 6.07) is 2.28. The normalized spacial score (nSPS) is 12.5. The van der Waals surface area contributed by atoms with E-state index < -0.39 is 27.1 Å². The molecule has 0 aliphatic carbocycles. The number of nitrogens with two attached hydrogens (primary N) is 1. The molecule has 0 aliphatic heterocycles. The molecular formula is C13H18BrF2NO3S. The van der Waals surface area contributed by atoms with Crippen molar-refractivity contribution in [1.82, 2.24) is 0 Å². The van der Waals surface area contributed by atoms with Crippen LogP contribution in [0.2, 0.25) is 0 Å². The number of rotatable bonds is 7. The molecule has 0 amide bonds. The van der Waals surface area contributed by atoms with Crippen LogP contribution in [-0.4, -0.2) is 20.8 Å². The number of benzene rings is 1. The van der Waals surface area contributed by atoms with Crippen molar-refractivity contribution < 1.29 is 21.9 Å². The summed E-state index contributed by atoms with van der Waals surface area (Å²) < 4.78 is 55.3. The lowest BCUT2D eigenvalue weighted by Crippen LogP contribution is -2.37. The van der Waals surface area contributed by atoms with Gasteiger partial charge in [-0.1, -0.05) is 29.8 Å². The van der Waals surface area contributed by atoms with Crippen molar-refractivity contribution in [1.29, 1.82) is 0 Å². The smallest absolute Gasteiger partial charge is 0.209 e. The molecule has 0 aliphatic rings. The second-order valence-electron chi connectivity index (χ2n) is 5.00. The van der Waals surface area contributed by atoms with Gasteiger partial charge < -0.3 is 4.74 Å². The topological polar surface area (TPSA) is 69.4 Å². The first kappa shape index (κ1) is 18.3. The maximum atomic E-state index is 13.6. The van der Waals surface area contributed by atoms with Crippen LogP contribution in [0.3, 0.4) is 0 Å². The van der Waals surface area contributed by atoms with E-state index in [0.29, 0.717) is 17.3 Å². The average Bonchev–Trinajstić information content (AvgIpc) is 2.38. The Morgan fingerprint density at radius 3 is 2.33 bits per heavy atom. The summed E-state index contributed by atoms with van der Waals surface area (Å²) in [4.78, 5) is 0. The molecule has 2 N–H and O–H groups in total. The van der Waals surface area contributed by atoms with Crippen LogP contribution in [0, 0.1) is 17.0 Å². The number of sulfonamides is 1. The fraction of sp³-hybridized carbons (Fsp3) is 0.538. The molecule has 0 radical (unpaired) electrons. The first-order chi connectivity index (χ1) is 9.62. The Labute approximate surface area is 131 Å². The van der Waals surface area contributed by atoms with Crippen LogP contribution in [0.25, 0.3) is 0 Å². The van der Waals surface area contributed by atoms with Gasteiger partial charge in [-0.15, -0.1) is 0 Å². The zero-order valence-electron chi connectivity index (χ0n) is 11.8. The largest absolute Gasteiger partial charge is 0.490 e. The van der Waals surface area contributed by atoms with Gasteiger partial charge in [0, 0.05) is 9.89 Å². The van der Waals surface area contributed by atoms with Gasteiger partial charge in [0.25, 0.3) is 0 Å². The first-order valence-corrected chi connectivity index (χ1v) is 8.91. The average molecular weight is 386 g/mol. The minimum absolute atomic E-state index is 0.0662. The minimum atomic E-state index is -3.69. The van der Waals surface area contributed by atoms with Gasteiger partial charge in [0.15, 0.2) is 11.6 Å². The van der Waals surface area contributed by atoms with Crippen molar-refractivity contribution in [2.45, 2.75) is 26.7 Å². The number of primary sulfonamides is 1. The van der Waals surface area contributed by atoms with E-state index in [1.807, 2.05) is 0 Å². The summed E-state index contributed by atoms with van der Waals surface area (Å²) in [5.41, 5.74) is -0.737. The van der Waals surface area contributed by atoms with Gasteiger partial charge in [-0.25, -0.2) is 17.9 Å². The van der Waals surface area contributed by atoms with Gasteiger partial charge in [0.2, 0.25) is 15.8 Å². The third-order valence-electron chi connectivity index (χ3n) is 3.50. The fourth-order valence-corrected chi connectivity index (χ4v) is 3.75. The van der Waals surface area contributed by atoms with E-state index in [1.165, 1.54) is 6.07 Å². The molecule has 8 heteroatoms. The van der Waals surface area contributed by atoms with Crippen molar-refractivity contribution in [3.8, 4) is 5.75 Å². The predicted octanol–water partition coefficient (Wildman–Crippen LogP) is 3.20. The van der Waals surface area contributed by atoms with E-state index in [4.69, 9.17) is 9.88 Å². The molecule has 1 aromatic carbocycles. The lowest BCUT2D eigenvalue weighted by atomic mass is 9.85. The third kappa shape index (κ3) is 5.19. The Hall–Kier alpha value is -0.730. The zero-order valence-corrected chi connectivity index (χ0v) is 14.2. The summed E-state index contributed by atoms with van der Waals surface area (Å²) in [7, 11) is -3.69. The van der Waals surface area contributed by atoms with Gasteiger partial charge >= 0.3 is 0 Å². The molecule has 1 aromatic rings. The van der Waals surface area contributed by atoms with E-state index >= 15 is 0 Å². The van der Waals surface area contributed by atoms with Crippen molar-refractivity contribution in [2.75, 3.05) is 12.4 Å².